The van der Waals surface area contributed by atoms with E-state index >= 15 is 0 Å². The molecule has 0 saturated heterocycles. The van der Waals surface area contributed by atoms with Crippen LogP contribution in [0.15, 0.2) is 35.3 Å². The van der Waals surface area contributed by atoms with Gasteiger partial charge in [0.1, 0.15) is 0 Å². The van der Waals surface area contributed by atoms with E-state index in [4.69, 9.17) is 0 Å². The van der Waals surface area contributed by atoms with Gasteiger partial charge >= 0.3 is 0 Å². The molecular weight excluding hydrogens is 325 g/mol. The summed E-state index contributed by atoms with van der Waals surface area (Å²) in [5.41, 5.74) is 1.30. The Balaban J connectivity index is 0.00000144. The number of rotatable bonds is 3. The van der Waals surface area contributed by atoms with Gasteiger partial charge in [0.25, 0.3) is 0 Å². The fourth-order valence-corrected chi connectivity index (χ4v) is 1.74. The van der Waals surface area contributed by atoms with Crippen molar-refractivity contribution in [1.82, 2.24) is 10.6 Å². The summed E-state index contributed by atoms with van der Waals surface area (Å²) in [7, 11) is 0. The third kappa shape index (κ3) is 3.87. The maximum absolute atomic E-state index is 4.48. The van der Waals surface area contributed by atoms with Crippen LogP contribution in [0.25, 0.3) is 0 Å². The zero-order valence-electron chi connectivity index (χ0n) is 10.3. The molecule has 2 atom stereocenters. The summed E-state index contributed by atoms with van der Waals surface area (Å²) in [6.45, 7) is 5.16. The van der Waals surface area contributed by atoms with E-state index in [1.54, 1.807) is 0 Å². The Bertz CT molecular complexity index is 364. The van der Waals surface area contributed by atoms with Crippen molar-refractivity contribution in [1.29, 1.82) is 0 Å². The number of nitrogens with one attached hydrogen (secondary N) is 2. The topological polar surface area (TPSA) is 36.4 Å². The molecule has 0 radical (unpaired) electrons. The second-order valence-electron chi connectivity index (χ2n) is 4.25. The maximum atomic E-state index is 4.48. The molecule has 0 saturated carbocycles. The third-order valence-electron chi connectivity index (χ3n) is 2.94. The fourth-order valence-electron chi connectivity index (χ4n) is 1.74. The van der Waals surface area contributed by atoms with E-state index in [1.165, 1.54) is 5.56 Å². The normalized spacial score (nSPS) is 19.9. The van der Waals surface area contributed by atoms with Gasteiger partial charge in [-0.2, -0.15) is 0 Å². The van der Waals surface area contributed by atoms with E-state index in [9.17, 15) is 0 Å². The first kappa shape index (κ1) is 14.3. The number of nitrogens with zero attached hydrogens (tertiary/aromatic N) is 1. The molecule has 0 bridgehead atoms. The summed E-state index contributed by atoms with van der Waals surface area (Å²) in [4.78, 5) is 4.48. The monoisotopic (exact) mass is 345 g/mol. The van der Waals surface area contributed by atoms with E-state index in [0.29, 0.717) is 12.1 Å². The Morgan fingerprint density at radius 3 is 2.76 bits per heavy atom. The molecule has 2 unspecified atom stereocenters. The van der Waals surface area contributed by atoms with Crippen LogP contribution in [0, 0.1) is 0 Å². The molecule has 0 spiro atoms. The molecule has 1 heterocycles. The van der Waals surface area contributed by atoms with Crippen molar-refractivity contribution in [2.45, 2.75) is 32.4 Å². The van der Waals surface area contributed by atoms with E-state index in [2.05, 4.69) is 53.7 Å². The smallest absolute Gasteiger partial charge is 0.192 e. The highest BCUT2D eigenvalue weighted by molar-refractivity contribution is 14.0. The zero-order valence-corrected chi connectivity index (χ0v) is 12.6. The second-order valence-corrected chi connectivity index (χ2v) is 4.25. The first-order valence-corrected chi connectivity index (χ1v) is 5.92. The van der Waals surface area contributed by atoms with Crippen LogP contribution in [-0.2, 0) is 0 Å². The quantitative estimate of drug-likeness (QED) is 0.827. The molecular formula is C13H20IN3. The van der Waals surface area contributed by atoms with Gasteiger partial charge in [0.15, 0.2) is 5.96 Å². The van der Waals surface area contributed by atoms with E-state index in [1.807, 2.05) is 6.07 Å². The first-order chi connectivity index (χ1) is 7.79. The van der Waals surface area contributed by atoms with Crippen molar-refractivity contribution >= 4 is 29.9 Å². The lowest BCUT2D eigenvalue weighted by Gasteiger charge is -2.16. The summed E-state index contributed by atoms with van der Waals surface area (Å²) < 4.78 is 0. The van der Waals surface area contributed by atoms with Gasteiger partial charge in [-0.1, -0.05) is 37.3 Å². The van der Waals surface area contributed by atoms with Gasteiger partial charge in [0.2, 0.25) is 0 Å². The molecule has 0 aromatic heterocycles. The van der Waals surface area contributed by atoms with Crippen LogP contribution in [0.3, 0.4) is 0 Å². The molecule has 1 aliphatic heterocycles. The van der Waals surface area contributed by atoms with Crippen LogP contribution in [-0.4, -0.2) is 18.5 Å². The van der Waals surface area contributed by atoms with Crippen molar-refractivity contribution in [3.05, 3.63) is 35.9 Å². The molecule has 0 amide bonds. The Hall–Kier alpha value is -0.780. The highest BCUT2D eigenvalue weighted by atomic mass is 127. The Kier molecular flexibility index (Phi) is 5.74. The van der Waals surface area contributed by atoms with E-state index in [0.717, 1.165) is 18.9 Å². The number of benzene rings is 1. The lowest BCUT2D eigenvalue weighted by Crippen LogP contribution is -2.40. The predicted molar refractivity (Wildman–Crippen MR) is 82.9 cm³/mol. The van der Waals surface area contributed by atoms with Crippen molar-refractivity contribution in [2.75, 3.05) is 6.54 Å². The number of hydrogen-bond donors (Lipinski definition) is 2. The summed E-state index contributed by atoms with van der Waals surface area (Å²) >= 11 is 0. The van der Waals surface area contributed by atoms with Crippen LogP contribution in [0.5, 0.6) is 0 Å². The largest absolute Gasteiger partial charge is 0.354 e. The van der Waals surface area contributed by atoms with Crippen molar-refractivity contribution in [3.63, 3.8) is 0 Å². The van der Waals surface area contributed by atoms with Crippen LogP contribution >= 0.6 is 24.0 Å². The van der Waals surface area contributed by atoms with Gasteiger partial charge in [-0.15, -0.1) is 24.0 Å². The minimum Gasteiger partial charge on any atom is -0.354 e. The minimum absolute atomic E-state index is 0. The minimum atomic E-state index is 0. The Morgan fingerprint density at radius 1 is 1.41 bits per heavy atom. The van der Waals surface area contributed by atoms with Crippen molar-refractivity contribution in [2.24, 2.45) is 4.99 Å². The summed E-state index contributed by atoms with van der Waals surface area (Å²) in [6.07, 6.45) is 1.11. The SMILES string of the molecule is CCC(C)NC1=NCC(c2ccccc2)N1.I. The van der Waals surface area contributed by atoms with Crippen LogP contribution < -0.4 is 10.6 Å². The summed E-state index contributed by atoms with van der Waals surface area (Å²) in [6, 6.07) is 11.2. The molecule has 1 aromatic rings. The molecule has 94 valence electrons. The molecule has 0 fully saturated rings. The maximum Gasteiger partial charge on any atom is 0.192 e. The molecule has 2 rings (SSSR count). The van der Waals surface area contributed by atoms with Crippen LogP contribution in [0.1, 0.15) is 31.9 Å². The Morgan fingerprint density at radius 2 is 2.12 bits per heavy atom. The van der Waals surface area contributed by atoms with E-state index < -0.39 is 0 Å². The van der Waals surface area contributed by atoms with Crippen LogP contribution in [0.2, 0.25) is 0 Å². The molecule has 4 heteroatoms. The lowest BCUT2D eigenvalue weighted by molar-refractivity contribution is 0.621. The van der Waals surface area contributed by atoms with Gasteiger partial charge in [0, 0.05) is 6.04 Å². The molecule has 1 aromatic carbocycles. The number of halogens is 1. The third-order valence-corrected chi connectivity index (χ3v) is 2.94. The van der Waals surface area contributed by atoms with Gasteiger partial charge < -0.3 is 10.6 Å². The number of aliphatic imine (C=N–C) groups is 1. The average Bonchev–Trinajstić information content (AvgIpc) is 2.78. The van der Waals surface area contributed by atoms with Gasteiger partial charge in [-0.05, 0) is 18.9 Å². The number of guanidine groups is 1. The molecule has 3 nitrogen and oxygen atoms in total. The van der Waals surface area contributed by atoms with Gasteiger partial charge in [0.05, 0.1) is 12.6 Å². The second kappa shape index (κ2) is 6.83. The lowest BCUT2D eigenvalue weighted by atomic mass is 10.1. The van der Waals surface area contributed by atoms with Gasteiger partial charge in [-0.25, -0.2) is 0 Å². The van der Waals surface area contributed by atoms with Crippen molar-refractivity contribution in [3.8, 4) is 0 Å². The Labute approximate surface area is 120 Å². The highest BCUT2D eigenvalue weighted by Crippen LogP contribution is 2.16. The van der Waals surface area contributed by atoms with E-state index in [-0.39, 0.29) is 24.0 Å². The molecule has 17 heavy (non-hydrogen) atoms. The fraction of sp³-hybridized carbons (Fsp3) is 0.462. The summed E-state index contributed by atoms with van der Waals surface area (Å²) in [5, 5.41) is 6.78. The van der Waals surface area contributed by atoms with Crippen LogP contribution in [0.4, 0.5) is 0 Å². The standard InChI is InChI=1S/C13H19N3.HI/c1-3-10(2)15-13-14-9-12(16-13)11-7-5-4-6-8-11;/h4-8,10,12H,3,9H2,1-2H3,(H2,14,15,16);1H. The average molecular weight is 345 g/mol. The predicted octanol–water partition coefficient (Wildman–Crippen LogP) is 2.69. The molecule has 2 N–H and O–H groups in total. The highest BCUT2D eigenvalue weighted by Gasteiger charge is 2.19. The summed E-state index contributed by atoms with van der Waals surface area (Å²) in [5.74, 6) is 0.934. The van der Waals surface area contributed by atoms with Gasteiger partial charge in [-0.3, -0.25) is 4.99 Å². The molecule has 1 aliphatic rings. The van der Waals surface area contributed by atoms with Crippen molar-refractivity contribution < 1.29 is 0 Å². The zero-order chi connectivity index (χ0) is 11.4. The number of hydrogen-bond acceptors (Lipinski definition) is 3. The first-order valence-electron chi connectivity index (χ1n) is 5.92. The molecule has 0 aliphatic carbocycles.